The van der Waals surface area contributed by atoms with E-state index in [1.54, 1.807) is 0 Å². The molecule has 0 aromatic carbocycles. The molecule has 1 aromatic rings. The lowest BCUT2D eigenvalue weighted by Gasteiger charge is -2.24. The van der Waals surface area contributed by atoms with Crippen molar-refractivity contribution in [2.45, 2.75) is 58.4 Å². The lowest BCUT2D eigenvalue weighted by Crippen LogP contribution is -2.40. The second-order valence-corrected chi connectivity index (χ2v) is 6.90. The SMILES string of the molecule is Cc1nc(C2CCCC2)sc1C(=O)N(CC(=O)O)C(C)C. The van der Waals surface area contributed by atoms with E-state index in [1.807, 2.05) is 20.8 Å². The molecule has 1 aliphatic rings. The average molecular weight is 310 g/mol. The first-order chi connectivity index (χ1) is 9.90. The van der Waals surface area contributed by atoms with Crippen molar-refractivity contribution in [2.24, 2.45) is 0 Å². The van der Waals surface area contributed by atoms with Crippen LogP contribution in [0.3, 0.4) is 0 Å². The van der Waals surface area contributed by atoms with E-state index >= 15 is 0 Å². The summed E-state index contributed by atoms with van der Waals surface area (Å²) in [6, 6.07) is -0.148. The minimum absolute atomic E-state index is 0.148. The molecule has 6 heteroatoms. The van der Waals surface area contributed by atoms with Gasteiger partial charge in [0.15, 0.2) is 0 Å². The third-order valence-corrected chi connectivity index (χ3v) is 5.21. The Bertz CT molecular complexity index is 533. The minimum atomic E-state index is -0.991. The zero-order valence-corrected chi connectivity index (χ0v) is 13.6. The predicted octanol–water partition coefficient (Wildman–Crippen LogP) is 3.04. The average Bonchev–Trinajstić information content (AvgIpc) is 3.03. The van der Waals surface area contributed by atoms with Crippen LogP contribution in [0.1, 0.15) is 65.8 Å². The maximum atomic E-state index is 12.6. The van der Waals surface area contributed by atoms with Gasteiger partial charge in [-0.05, 0) is 33.6 Å². The molecule has 0 spiro atoms. The molecule has 116 valence electrons. The second kappa shape index (κ2) is 6.56. The molecular weight excluding hydrogens is 288 g/mol. The molecule has 0 radical (unpaired) electrons. The van der Waals surface area contributed by atoms with Gasteiger partial charge in [0.1, 0.15) is 11.4 Å². The summed E-state index contributed by atoms with van der Waals surface area (Å²) in [4.78, 5) is 30.1. The van der Waals surface area contributed by atoms with E-state index in [2.05, 4.69) is 4.98 Å². The summed E-state index contributed by atoms with van der Waals surface area (Å²) >= 11 is 1.44. The molecule has 0 saturated heterocycles. The fourth-order valence-corrected chi connectivity index (χ4v) is 3.92. The van der Waals surface area contributed by atoms with Crippen molar-refractivity contribution in [1.82, 2.24) is 9.88 Å². The summed E-state index contributed by atoms with van der Waals surface area (Å²) in [5.74, 6) is -0.732. The molecule has 1 aromatic heterocycles. The Labute approximate surface area is 129 Å². The van der Waals surface area contributed by atoms with Crippen LogP contribution in [0.4, 0.5) is 0 Å². The summed E-state index contributed by atoms with van der Waals surface area (Å²) in [5, 5.41) is 10.0. The van der Waals surface area contributed by atoms with Crippen LogP contribution in [0.25, 0.3) is 0 Å². The van der Waals surface area contributed by atoms with E-state index in [0.717, 1.165) is 23.5 Å². The van der Waals surface area contributed by atoms with Gasteiger partial charge in [0.25, 0.3) is 5.91 Å². The molecular formula is C15H22N2O3S. The molecule has 1 aliphatic carbocycles. The lowest BCUT2D eigenvalue weighted by atomic mass is 10.1. The first-order valence-corrected chi connectivity index (χ1v) is 8.22. The molecule has 1 saturated carbocycles. The molecule has 5 nitrogen and oxygen atoms in total. The maximum Gasteiger partial charge on any atom is 0.323 e. The van der Waals surface area contributed by atoms with Gasteiger partial charge in [-0.15, -0.1) is 11.3 Å². The van der Waals surface area contributed by atoms with Gasteiger partial charge in [0, 0.05) is 12.0 Å². The second-order valence-electron chi connectivity index (χ2n) is 5.87. The molecule has 1 N–H and O–H groups in total. The molecule has 0 aliphatic heterocycles. The molecule has 1 amide bonds. The van der Waals surface area contributed by atoms with Crippen LogP contribution in [0.15, 0.2) is 0 Å². The minimum Gasteiger partial charge on any atom is -0.480 e. The van der Waals surface area contributed by atoms with Crippen molar-refractivity contribution in [3.8, 4) is 0 Å². The van der Waals surface area contributed by atoms with Gasteiger partial charge in [-0.2, -0.15) is 0 Å². The normalized spacial score (nSPS) is 15.6. The number of aromatic nitrogens is 1. The van der Waals surface area contributed by atoms with Crippen molar-refractivity contribution in [2.75, 3.05) is 6.54 Å². The van der Waals surface area contributed by atoms with Crippen LogP contribution in [0, 0.1) is 6.92 Å². The molecule has 21 heavy (non-hydrogen) atoms. The molecule has 1 heterocycles. The van der Waals surface area contributed by atoms with Gasteiger partial charge in [0.05, 0.1) is 10.7 Å². The van der Waals surface area contributed by atoms with Crippen LogP contribution in [-0.4, -0.2) is 39.5 Å². The van der Waals surface area contributed by atoms with Gasteiger partial charge in [-0.3, -0.25) is 9.59 Å². The summed E-state index contributed by atoms with van der Waals surface area (Å²) in [6.07, 6.45) is 4.74. The number of rotatable bonds is 5. The standard InChI is InChI=1S/C15H22N2O3S/c1-9(2)17(8-12(18)19)15(20)13-10(3)16-14(21-13)11-6-4-5-7-11/h9,11H,4-8H2,1-3H3,(H,18,19). The van der Waals surface area contributed by atoms with Gasteiger partial charge in [0.2, 0.25) is 0 Å². The zero-order valence-electron chi connectivity index (χ0n) is 12.8. The zero-order chi connectivity index (χ0) is 15.6. The van der Waals surface area contributed by atoms with E-state index in [4.69, 9.17) is 5.11 Å². The Morgan fingerprint density at radius 3 is 2.52 bits per heavy atom. The van der Waals surface area contributed by atoms with Gasteiger partial charge >= 0.3 is 5.97 Å². The number of carboxylic acids is 1. The number of thiazole rings is 1. The van der Waals surface area contributed by atoms with Crippen LogP contribution in [0.5, 0.6) is 0 Å². The van der Waals surface area contributed by atoms with Gasteiger partial charge in [-0.25, -0.2) is 4.98 Å². The number of hydrogen-bond donors (Lipinski definition) is 1. The summed E-state index contributed by atoms with van der Waals surface area (Å²) in [6.45, 7) is 5.22. The van der Waals surface area contributed by atoms with Crippen molar-refractivity contribution in [3.05, 3.63) is 15.6 Å². The number of hydrogen-bond acceptors (Lipinski definition) is 4. The van der Waals surface area contributed by atoms with Crippen molar-refractivity contribution in [3.63, 3.8) is 0 Å². The van der Waals surface area contributed by atoms with E-state index in [9.17, 15) is 9.59 Å². The Morgan fingerprint density at radius 1 is 1.38 bits per heavy atom. The number of amides is 1. The smallest absolute Gasteiger partial charge is 0.323 e. The van der Waals surface area contributed by atoms with Crippen LogP contribution in [0.2, 0.25) is 0 Å². The fourth-order valence-electron chi connectivity index (χ4n) is 2.73. The molecule has 2 rings (SSSR count). The topological polar surface area (TPSA) is 70.5 Å². The summed E-state index contributed by atoms with van der Waals surface area (Å²) in [7, 11) is 0. The highest BCUT2D eigenvalue weighted by Gasteiger charge is 2.28. The van der Waals surface area contributed by atoms with E-state index in [-0.39, 0.29) is 18.5 Å². The van der Waals surface area contributed by atoms with Gasteiger partial charge in [-0.1, -0.05) is 12.8 Å². The quantitative estimate of drug-likeness (QED) is 0.907. The van der Waals surface area contributed by atoms with Crippen LogP contribution in [-0.2, 0) is 4.79 Å². The van der Waals surface area contributed by atoms with Gasteiger partial charge < -0.3 is 10.0 Å². The van der Waals surface area contributed by atoms with Crippen LogP contribution >= 0.6 is 11.3 Å². The third kappa shape index (κ3) is 3.61. The number of nitrogens with zero attached hydrogens (tertiary/aromatic N) is 2. The Balaban J connectivity index is 2.22. The number of aryl methyl sites for hydroxylation is 1. The first kappa shape index (κ1) is 15.9. The monoisotopic (exact) mass is 310 g/mol. The van der Waals surface area contributed by atoms with Crippen molar-refractivity contribution >= 4 is 23.2 Å². The highest BCUT2D eigenvalue weighted by molar-refractivity contribution is 7.13. The summed E-state index contributed by atoms with van der Waals surface area (Å²) in [5.41, 5.74) is 0.725. The van der Waals surface area contributed by atoms with E-state index in [0.29, 0.717) is 10.8 Å². The van der Waals surface area contributed by atoms with Crippen LogP contribution < -0.4 is 0 Å². The molecule has 0 bridgehead atoms. The summed E-state index contributed by atoms with van der Waals surface area (Å²) < 4.78 is 0. The first-order valence-electron chi connectivity index (χ1n) is 7.40. The third-order valence-electron chi connectivity index (χ3n) is 3.90. The number of carbonyl (C=O) groups is 2. The van der Waals surface area contributed by atoms with E-state index in [1.165, 1.54) is 29.1 Å². The number of carboxylic acid groups (broad SMARTS) is 1. The van der Waals surface area contributed by atoms with Crippen molar-refractivity contribution < 1.29 is 14.7 Å². The maximum absolute atomic E-state index is 12.6. The Kier molecular flexibility index (Phi) is 4.98. The predicted molar refractivity (Wildman–Crippen MR) is 81.9 cm³/mol. The largest absolute Gasteiger partial charge is 0.480 e. The lowest BCUT2D eigenvalue weighted by molar-refractivity contribution is -0.138. The molecule has 0 unspecified atom stereocenters. The van der Waals surface area contributed by atoms with E-state index < -0.39 is 5.97 Å². The molecule has 0 atom stereocenters. The van der Waals surface area contributed by atoms with Crippen molar-refractivity contribution in [1.29, 1.82) is 0 Å². The Morgan fingerprint density at radius 2 is 2.00 bits per heavy atom. The number of aliphatic carboxylic acids is 1. The number of carbonyl (C=O) groups excluding carboxylic acids is 1. The highest BCUT2D eigenvalue weighted by atomic mass is 32.1. The molecule has 1 fully saturated rings. The fraction of sp³-hybridized carbons (Fsp3) is 0.667. The Hall–Kier alpha value is -1.43. The highest BCUT2D eigenvalue weighted by Crippen LogP contribution is 2.37.